The maximum atomic E-state index is 13.1. The summed E-state index contributed by atoms with van der Waals surface area (Å²) in [5.74, 6) is 0.766. The largest absolute Gasteiger partial charge is 0.424 e. The third-order valence-corrected chi connectivity index (χ3v) is 8.73. The highest BCUT2D eigenvalue weighted by atomic mass is 35.5. The van der Waals surface area contributed by atoms with Gasteiger partial charge in [-0.25, -0.2) is 13.1 Å². The number of alkyl halides is 3. The van der Waals surface area contributed by atoms with Crippen LogP contribution in [0.5, 0.6) is 11.8 Å². The topological polar surface area (TPSA) is 92.6 Å². The molecule has 15 heteroatoms. The van der Waals surface area contributed by atoms with Gasteiger partial charge in [0.2, 0.25) is 10.0 Å². The molecule has 1 saturated heterocycles. The van der Waals surface area contributed by atoms with E-state index in [-0.39, 0.29) is 11.8 Å². The molecule has 39 heavy (non-hydrogen) atoms. The molecule has 0 aliphatic carbocycles. The van der Waals surface area contributed by atoms with E-state index in [9.17, 15) is 21.6 Å². The number of anilines is 1. The Morgan fingerprint density at radius 3 is 2.31 bits per heavy atom. The summed E-state index contributed by atoms with van der Waals surface area (Å²) in [7, 11) is -2.36. The van der Waals surface area contributed by atoms with Crippen molar-refractivity contribution in [1.29, 1.82) is 0 Å². The highest BCUT2D eigenvalue weighted by molar-refractivity contribution is 7.89. The van der Waals surface area contributed by atoms with Gasteiger partial charge in [-0.3, -0.25) is 4.57 Å². The number of likely N-dealkylation sites (N-methyl/N-ethyl adjacent to an activating group) is 1. The summed E-state index contributed by atoms with van der Waals surface area (Å²) in [6, 6.07) is 7.81. The molecule has 1 aromatic heterocycles. The minimum absolute atomic E-state index is 0.152. The maximum absolute atomic E-state index is 13.1. The van der Waals surface area contributed by atoms with Gasteiger partial charge in [-0.15, -0.1) is 5.10 Å². The fourth-order valence-corrected chi connectivity index (χ4v) is 6.65. The van der Waals surface area contributed by atoms with E-state index < -0.39 is 42.7 Å². The van der Waals surface area contributed by atoms with Crippen LogP contribution in [0.25, 0.3) is 0 Å². The lowest BCUT2D eigenvalue weighted by molar-refractivity contribution is -0.137. The van der Waals surface area contributed by atoms with Gasteiger partial charge >= 0.3 is 12.2 Å². The van der Waals surface area contributed by atoms with Gasteiger partial charge in [-0.05, 0) is 45.2 Å². The lowest BCUT2D eigenvalue weighted by Crippen LogP contribution is -2.44. The van der Waals surface area contributed by atoms with Gasteiger partial charge in [-0.2, -0.15) is 13.2 Å². The van der Waals surface area contributed by atoms with Crippen LogP contribution >= 0.6 is 23.2 Å². The number of sulfonamides is 1. The molecule has 1 N–H and O–H groups in total. The predicted octanol–water partition coefficient (Wildman–Crippen LogP) is 5.21. The Morgan fingerprint density at radius 1 is 1.08 bits per heavy atom. The van der Waals surface area contributed by atoms with Crippen LogP contribution in [-0.4, -0.2) is 61.3 Å². The van der Waals surface area contributed by atoms with Crippen LogP contribution in [0, 0.1) is 0 Å². The molecule has 0 bridgehead atoms. The second-order valence-corrected chi connectivity index (χ2v) is 11.5. The second kappa shape index (κ2) is 11.5. The van der Waals surface area contributed by atoms with E-state index in [1.807, 2.05) is 25.1 Å². The van der Waals surface area contributed by atoms with Crippen LogP contribution in [0.15, 0.2) is 41.3 Å². The number of rotatable bonds is 8. The Hall–Kier alpha value is -2.58. The highest BCUT2D eigenvalue weighted by Crippen LogP contribution is 2.38. The van der Waals surface area contributed by atoms with Gasteiger partial charge in [0.1, 0.15) is 10.6 Å². The Bertz CT molecular complexity index is 1420. The van der Waals surface area contributed by atoms with Gasteiger partial charge in [0.05, 0.1) is 21.7 Å². The van der Waals surface area contributed by atoms with Crippen molar-refractivity contribution in [2.75, 3.05) is 38.1 Å². The molecule has 0 saturated carbocycles. The number of benzene rings is 2. The Balaban J connectivity index is 1.54. The van der Waals surface area contributed by atoms with E-state index in [0.29, 0.717) is 24.4 Å². The van der Waals surface area contributed by atoms with Gasteiger partial charge in [0, 0.05) is 44.5 Å². The van der Waals surface area contributed by atoms with E-state index in [1.165, 1.54) is 6.92 Å². The number of halogens is 5. The molecular weight excluding hydrogens is 580 g/mol. The smallest absolute Gasteiger partial charge is 0.416 e. The lowest BCUT2D eigenvalue weighted by Gasteiger charge is -2.34. The summed E-state index contributed by atoms with van der Waals surface area (Å²) < 4.78 is 75.3. The van der Waals surface area contributed by atoms with E-state index in [4.69, 9.17) is 27.9 Å². The lowest BCUT2D eigenvalue weighted by atomic mass is 10.2. The van der Waals surface area contributed by atoms with Crippen LogP contribution in [0.1, 0.15) is 31.3 Å². The van der Waals surface area contributed by atoms with Gasteiger partial charge in [0.15, 0.2) is 5.82 Å². The average Bonchev–Trinajstić information content (AvgIpc) is 3.25. The number of aromatic nitrogens is 3. The molecule has 2 aromatic carbocycles. The zero-order valence-corrected chi connectivity index (χ0v) is 23.7. The third kappa shape index (κ3) is 6.60. The first-order chi connectivity index (χ1) is 18.3. The third-order valence-electron chi connectivity index (χ3n) is 6.27. The van der Waals surface area contributed by atoms with Crippen LogP contribution < -0.4 is 14.4 Å². The summed E-state index contributed by atoms with van der Waals surface area (Å²) in [5, 5.41) is 6.88. The first-order valence-corrected chi connectivity index (χ1v) is 14.3. The van der Waals surface area contributed by atoms with E-state index in [2.05, 4.69) is 31.8 Å². The van der Waals surface area contributed by atoms with Gasteiger partial charge in [0.25, 0.3) is 0 Å². The summed E-state index contributed by atoms with van der Waals surface area (Å²) in [4.78, 5) is 3.86. The molecule has 4 rings (SSSR count). The van der Waals surface area contributed by atoms with Crippen molar-refractivity contribution >= 4 is 38.9 Å². The monoisotopic (exact) mass is 606 g/mol. The number of nitrogens with one attached hydrogen (secondary N) is 1. The second-order valence-electron chi connectivity index (χ2n) is 9.08. The maximum Gasteiger partial charge on any atom is 0.416 e. The fourth-order valence-electron chi connectivity index (χ4n) is 4.23. The van der Waals surface area contributed by atoms with Crippen LogP contribution in [0.4, 0.5) is 18.9 Å². The minimum atomic E-state index is -4.74. The Labute approximate surface area is 234 Å². The van der Waals surface area contributed by atoms with Crippen molar-refractivity contribution in [1.82, 2.24) is 24.4 Å². The van der Waals surface area contributed by atoms with Gasteiger partial charge in [-0.1, -0.05) is 34.4 Å². The van der Waals surface area contributed by atoms with Crippen LogP contribution in [0.2, 0.25) is 10.0 Å². The SMILES string of the molecule is CCn1c(Oc2cccc(N3CCN(C)CC3)c2)nnc1[C@@H](C)NS(=O)(=O)c1c(Cl)cc(C(F)(F)F)cc1Cl. The molecule has 2 heterocycles. The molecule has 0 spiro atoms. The molecule has 1 aliphatic rings. The highest BCUT2D eigenvalue weighted by Gasteiger charge is 2.34. The summed E-state index contributed by atoms with van der Waals surface area (Å²) in [6.07, 6.45) is -4.74. The molecule has 3 aromatic rings. The Kier molecular flexibility index (Phi) is 8.67. The van der Waals surface area contributed by atoms with Crippen molar-refractivity contribution in [3.05, 3.63) is 57.8 Å². The van der Waals surface area contributed by atoms with E-state index >= 15 is 0 Å². The molecule has 0 amide bonds. The molecule has 1 atom stereocenters. The van der Waals surface area contributed by atoms with Crippen molar-refractivity contribution in [3.63, 3.8) is 0 Å². The average molecular weight is 607 g/mol. The van der Waals surface area contributed by atoms with Crippen LogP contribution in [0.3, 0.4) is 0 Å². The first kappa shape index (κ1) is 29.4. The van der Waals surface area contributed by atoms with Crippen LogP contribution in [-0.2, 0) is 22.7 Å². The molecule has 1 aliphatic heterocycles. The van der Waals surface area contributed by atoms with Gasteiger partial charge < -0.3 is 14.5 Å². The molecule has 0 unspecified atom stereocenters. The molecular formula is C24H27Cl2F3N6O3S. The number of piperazine rings is 1. The number of hydrogen-bond donors (Lipinski definition) is 1. The number of ether oxygens (including phenoxy) is 1. The van der Waals surface area contributed by atoms with Crippen molar-refractivity contribution in [2.24, 2.45) is 0 Å². The summed E-state index contributed by atoms with van der Waals surface area (Å²) in [6.45, 7) is 7.36. The first-order valence-electron chi connectivity index (χ1n) is 12.0. The quantitative estimate of drug-likeness (QED) is 0.376. The number of nitrogens with zero attached hydrogens (tertiary/aromatic N) is 5. The summed E-state index contributed by atoms with van der Waals surface area (Å²) in [5.41, 5.74) is -0.150. The molecule has 212 valence electrons. The van der Waals surface area contributed by atoms with Crippen molar-refractivity contribution < 1.29 is 26.3 Å². The van der Waals surface area contributed by atoms with Crippen molar-refractivity contribution in [3.8, 4) is 11.8 Å². The van der Waals surface area contributed by atoms with E-state index in [1.54, 1.807) is 10.6 Å². The normalized spacial score (nSPS) is 15.9. The zero-order chi connectivity index (χ0) is 28.5. The number of hydrogen-bond acceptors (Lipinski definition) is 7. The predicted molar refractivity (Wildman–Crippen MR) is 142 cm³/mol. The van der Waals surface area contributed by atoms with E-state index in [0.717, 1.165) is 31.9 Å². The zero-order valence-electron chi connectivity index (χ0n) is 21.3. The summed E-state index contributed by atoms with van der Waals surface area (Å²) >= 11 is 11.8. The molecule has 9 nitrogen and oxygen atoms in total. The fraction of sp³-hybridized carbons (Fsp3) is 0.417. The molecule has 1 fully saturated rings. The minimum Gasteiger partial charge on any atom is -0.424 e. The van der Waals surface area contributed by atoms with Crippen molar-refractivity contribution in [2.45, 2.75) is 37.5 Å². The molecule has 0 radical (unpaired) electrons. The standard InChI is InChI=1S/C24H27Cl2F3N6O3S/c1-4-35-22(15(2)32-39(36,37)21-19(25)12-16(13-20(21)26)24(27,28)29)30-31-23(35)38-18-7-5-6-17(14-18)34-10-8-33(3)9-11-34/h5-7,12-15,32H,4,8-11H2,1-3H3/t15-/m1/s1. The Morgan fingerprint density at radius 2 is 1.72 bits per heavy atom.